The molecule has 2 aromatic rings. The summed E-state index contributed by atoms with van der Waals surface area (Å²) in [5, 5.41) is 3.95. The van der Waals surface area contributed by atoms with Crippen molar-refractivity contribution >= 4 is 17.7 Å². The van der Waals surface area contributed by atoms with Gasteiger partial charge in [-0.1, -0.05) is 65.4 Å². The maximum absolute atomic E-state index is 11.8. The molecule has 0 radical (unpaired) electrons. The summed E-state index contributed by atoms with van der Waals surface area (Å²) in [7, 11) is 0. The molecule has 2 fully saturated rings. The van der Waals surface area contributed by atoms with Gasteiger partial charge in [-0.05, 0) is 17.7 Å². The largest absolute Gasteiger partial charge is 0.458 e. The summed E-state index contributed by atoms with van der Waals surface area (Å²) in [5.41, 5.74) is 9.48. The Bertz CT molecular complexity index is 909. The quantitative estimate of drug-likeness (QED) is 0.306. The van der Waals surface area contributed by atoms with Crippen LogP contribution in [-0.4, -0.2) is 42.4 Å². The van der Waals surface area contributed by atoms with Gasteiger partial charge in [-0.25, -0.2) is 0 Å². The van der Waals surface area contributed by atoms with E-state index >= 15 is 0 Å². The van der Waals surface area contributed by atoms with E-state index in [2.05, 4.69) is 10.0 Å². The molecule has 2 heterocycles. The van der Waals surface area contributed by atoms with Crippen LogP contribution in [0.5, 0.6) is 0 Å². The van der Waals surface area contributed by atoms with Crippen molar-refractivity contribution < 1.29 is 23.7 Å². The van der Waals surface area contributed by atoms with Gasteiger partial charge < -0.3 is 18.9 Å². The van der Waals surface area contributed by atoms with Gasteiger partial charge in [0.2, 0.25) is 0 Å². The van der Waals surface area contributed by atoms with Crippen molar-refractivity contribution in [3.8, 4) is 0 Å². The molecule has 0 saturated carbocycles. The summed E-state index contributed by atoms with van der Waals surface area (Å²) in [6.45, 7) is 1.58. The number of rotatable bonds is 5. The molecule has 2 aromatic carbocycles. The summed E-state index contributed by atoms with van der Waals surface area (Å²) in [5.74, 6) is -0.481. The summed E-state index contributed by atoms with van der Waals surface area (Å²) >= 11 is 1.40. The van der Waals surface area contributed by atoms with Crippen LogP contribution in [0.1, 0.15) is 18.8 Å². The van der Waals surface area contributed by atoms with Crippen LogP contribution in [0, 0.1) is 0 Å². The van der Waals surface area contributed by atoms with E-state index in [4.69, 9.17) is 18.9 Å². The van der Waals surface area contributed by atoms with Gasteiger partial charge >= 0.3 is 5.97 Å². The number of carbonyl (C=O) groups excluding carboxylic acids is 1. The fourth-order valence-corrected chi connectivity index (χ4v) is 4.71. The van der Waals surface area contributed by atoms with E-state index in [1.165, 1.54) is 18.7 Å². The van der Waals surface area contributed by atoms with Crippen molar-refractivity contribution in [3.63, 3.8) is 0 Å². The number of benzene rings is 2. The van der Waals surface area contributed by atoms with Crippen molar-refractivity contribution in [2.24, 2.45) is 5.11 Å². The SMILES string of the molecule is CC(=O)O[C@H]1C(N=[N+]=[N-])[C@H]2OC(c3ccccc3)OCC2O[C@H]1Sc1ccccc1. The highest BCUT2D eigenvalue weighted by Gasteiger charge is 2.51. The zero-order valence-corrected chi connectivity index (χ0v) is 17.1. The lowest BCUT2D eigenvalue weighted by atomic mass is 9.96. The van der Waals surface area contributed by atoms with Crippen molar-refractivity contribution in [2.45, 2.75) is 47.9 Å². The third-order valence-electron chi connectivity index (χ3n) is 4.86. The number of thioether (sulfide) groups is 1. The van der Waals surface area contributed by atoms with Gasteiger partial charge in [0.25, 0.3) is 0 Å². The average Bonchev–Trinajstić information content (AvgIpc) is 2.77. The van der Waals surface area contributed by atoms with Gasteiger partial charge in [-0.15, -0.1) is 0 Å². The second-order valence-electron chi connectivity index (χ2n) is 6.92. The molecule has 3 unspecified atom stereocenters. The van der Waals surface area contributed by atoms with E-state index in [-0.39, 0.29) is 6.61 Å². The zero-order valence-electron chi connectivity index (χ0n) is 16.2. The van der Waals surface area contributed by atoms with Crippen molar-refractivity contribution in [1.29, 1.82) is 0 Å². The molecular weight excluding hydrogens is 406 g/mol. The fourth-order valence-electron chi connectivity index (χ4n) is 3.58. The van der Waals surface area contributed by atoms with Crippen molar-refractivity contribution in [1.82, 2.24) is 0 Å². The first-order chi connectivity index (χ1) is 14.7. The van der Waals surface area contributed by atoms with Gasteiger partial charge in [0.15, 0.2) is 6.29 Å². The van der Waals surface area contributed by atoms with Crippen LogP contribution in [0.2, 0.25) is 0 Å². The lowest BCUT2D eigenvalue weighted by Crippen LogP contribution is -2.61. The molecule has 0 spiro atoms. The highest BCUT2D eigenvalue weighted by molar-refractivity contribution is 7.99. The molecule has 8 nitrogen and oxygen atoms in total. The molecule has 6 atom stereocenters. The van der Waals surface area contributed by atoms with Crippen molar-refractivity contribution in [3.05, 3.63) is 76.7 Å². The summed E-state index contributed by atoms with van der Waals surface area (Å²) in [4.78, 5) is 15.8. The van der Waals surface area contributed by atoms with Gasteiger partial charge in [-0.3, -0.25) is 4.79 Å². The van der Waals surface area contributed by atoms with E-state index in [0.29, 0.717) is 0 Å². The van der Waals surface area contributed by atoms with E-state index in [1.54, 1.807) is 0 Å². The standard InChI is InChI=1S/C21H21N3O5S/c1-13(25)27-19-17(23-24-22)18-16(28-21(19)30-15-10-6-3-7-11-15)12-26-20(29-18)14-8-4-2-5-9-14/h2-11,16-21H,12H2,1H3/t16?,17?,18-,19-,20?,21-/m0/s1. The molecule has 156 valence electrons. The maximum atomic E-state index is 11.8. The molecule has 0 bridgehead atoms. The molecular formula is C21H21N3O5S. The first kappa shape index (κ1) is 20.7. The Balaban J connectivity index is 1.61. The molecule has 2 saturated heterocycles. The second kappa shape index (κ2) is 9.51. The lowest BCUT2D eigenvalue weighted by molar-refractivity contribution is -0.298. The van der Waals surface area contributed by atoms with Gasteiger partial charge in [0.05, 0.1) is 6.61 Å². The minimum Gasteiger partial charge on any atom is -0.458 e. The summed E-state index contributed by atoms with van der Waals surface area (Å²) in [6.07, 6.45) is -2.51. The Morgan fingerprint density at radius 3 is 2.50 bits per heavy atom. The minimum absolute atomic E-state index is 0.264. The molecule has 2 aliphatic rings. The Hall–Kier alpha value is -2.55. The van der Waals surface area contributed by atoms with Crippen LogP contribution in [0.4, 0.5) is 0 Å². The third kappa shape index (κ3) is 4.61. The van der Waals surface area contributed by atoms with Gasteiger partial charge in [-0.2, -0.15) is 0 Å². The molecule has 30 heavy (non-hydrogen) atoms. The minimum atomic E-state index is -0.806. The molecule has 2 aliphatic heterocycles. The molecule has 4 rings (SSSR count). The highest BCUT2D eigenvalue weighted by atomic mass is 32.2. The number of nitrogens with zero attached hydrogens (tertiary/aromatic N) is 3. The normalized spacial score (nSPS) is 30.6. The van der Waals surface area contributed by atoms with Crippen LogP contribution in [0.15, 0.2) is 70.7 Å². The van der Waals surface area contributed by atoms with Gasteiger partial charge in [0, 0.05) is 22.3 Å². The zero-order chi connectivity index (χ0) is 20.9. The molecule has 9 heteroatoms. The smallest absolute Gasteiger partial charge is 0.303 e. The van der Waals surface area contributed by atoms with E-state index < -0.39 is 42.0 Å². The topological polar surface area (TPSA) is 103 Å². The predicted octanol–water partition coefficient (Wildman–Crippen LogP) is 4.23. The predicted molar refractivity (Wildman–Crippen MR) is 109 cm³/mol. The number of carbonyl (C=O) groups is 1. The first-order valence-corrected chi connectivity index (χ1v) is 10.4. The highest BCUT2D eigenvalue weighted by Crippen LogP contribution is 2.41. The Morgan fingerprint density at radius 1 is 1.13 bits per heavy atom. The number of ether oxygens (including phenoxy) is 4. The molecule has 0 aliphatic carbocycles. The van der Waals surface area contributed by atoms with Crippen LogP contribution in [0.3, 0.4) is 0 Å². The van der Waals surface area contributed by atoms with Crippen LogP contribution in [-0.2, 0) is 23.7 Å². The number of fused-ring (bicyclic) bond motifs is 1. The monoisotopic (exact) mass is 427 g/mol. The number of esters is 1. The number of hydrogen-bond donors (Lipinski definition) is 0. The van der Waals surface area contributed by atoms with Crippen LogP contribution >= 0.6 is 11.8 Å². The fraction of sp³-hybridized carbons (Fsp3) is 0.381. The Morgan fingerprint density at radius 2 is 1.83 bits per heavy atom. The molecule has 0 N–H and O–H groups in total. The van der Waals surface area contributed by atoms with Crippen LogP contribution < -0.4 is 0 Å². The summed E-state index contributed by atoms with van der Waals surface area (Å²) in [6, 6.07) is 18.4. The first-order valence-electron chi connectivity index (χ1n) is 9.56. The number of azide groups is 1. The van der Waals surface area contributed by atoms with E-state index in [0.717, 1.165) is 10.5 Å². The van der Waals surface area contributed by atoms with E-state index in [9.17, 15) is 10.3 Å². The van der Waals surface area contributed by atoms with Crippen molar-refractivity contribution in [2.75, 3.05) is 6.61 Å². The third-order valence-corrected chi connectivity index (χ3v) is 6.02. The Labute approximate surface area is 178 Å². The number of hydrogen-bond acceptors (Lipinski definition) is 7. The average molecular weight is 427 g/mol. The second-order valence-corrected chi connectivity index (χ2v) is 8.09. The van der Waals surface area contributed by atoms with Crippen LogP contribution in [0.25, 0.3) is 10.4 Å². The van der Waals surface area contributed by atoms with Gasteiger partial charge in [0.1, 0.15) is 29.8 Å². The Kier molecular flexibility index (Phi) is 6.56. The summed E-state index contributed by atoms with van der Waals surface area (Å²) < 4.78 is 23.8. The molecule has 0 amide bonds. The van der Waals surface area contributed by atoms with E-state index in [1.807, 2.05) is 60.7 Å². The maximum Gasteiger partial charge on any atom is 0.303 e. The molecule has 0 aromatic heterocycles. The lowest BCUT2D eigenvalue weighted by Gasteiger charge is -2.47.